The van der Waals surface area contributed by atoms with Gasteiger partial charge in [-0.05, 0) is 32.4 Å². The molecule has 0 saturated heterocycles. The van der Waals surface area contributed by atoms with E-state index in [4.69, 9.17) is 4.74 Å². The number of nitrogens with zero attached hydrogens (tertiary/aromatic N) is 3. The van der Waals surface area contributed by atoms with Crippen molar-refractivity contribution in [2.45, 2.75) is 39.5 Å². The Hall–Kier alpha value is -1.72. The van der Waals surface area contributed by atoms with Gasteiger partial charge in [0, 0.05) is 19.2 Å². The summed E-state index contributed by atoms with van der Waals surface area (Å²) in [5.41, 5.74) is 1.31. The van der Waals surface area contributed by atoms with Crippen LogP contribution >= 0.6 is 0 Å². The number of hydrogen-bond acceptors (Lipinski definition) is 4. The molecular weight excluding hydrogens is 264 g/mol. The molecule has 0 atom stereocenters. The lowest BCUT2D eigenvalue weighted by molar-refractivity contribution is 0.109. The third-order valence-electron chi connectivity index (χ3n) is 3.18. The van der Waals surface area contributed by atoms with Crippen LogP contribution in [-0.2, 0) is 17.9 Å². The standard InChI is InChI=1S/C16H24N4O/c1-14(2)20-16(18-13-19-20)12-21-10-6-9-17-11-15-7-4-3-5-8-15/h3-5,7-8,13-14,17H,6,9-12H2,1-2H3. The smallest absolute Gasteiger partial charge is 0.153 e. The second-order valence-electron chi connectivity index (χ2n) is 5.28. The first-order valence-corrected chi connectivity index (χ1v) is 7.48. The molecule has 0 amide bonds. The van der Waals surface area contributed by atoms with Crippen LogP contribution in [0.1, 0.15) is 37.7 Å². The third kappa shape index (κ3) is 5.28. The van der Waals surface area contributed by atoms with E-state index in [0.717, 1.165) is 31.9 Å². The number of nitrogens with one attached hydrogen (secondary N) is 1. The first-order chi connectivity index (χ1) is 10.3. The van der Waals surface area contributed by atoms with Gasteiger partial charge in [0.15, 0.2) is 5.82 Å². The van der Waals surface area contributed by atoms with Gasteiger partial charge in [-0.2, -0.15) is 5.10 Å². The summed E-state index contributed by atoms with van der Waals surface area (Å²) in [5, 5.41) is 7.60. The van der Waals surface area contributed by atoms with Crippen LogP contribution in [0.3, 0.4) is 0 Å². The van der Waals surface area contributed by atoms with Crippen LogP contribution in [-0.4, -0.2) is 27.9 Å². The van der Waals surface area contributed by atoms with Gasteiger partial charge in [-0.3, -0.25) is 0 Å². The summed E-state index contributed by atoms with van der Waals surface area (Å²) < 4.78 is 7.55. The molecular formula is C16H24N4O. The molecule has 0 bridgehead atoms. The molecule has 5 heteroatoms. The molecule has 0 aliphatic heterocycles. The molecule has 0 aliphatic rings. The minimum Gasteiger partial charge on any atom is -0.373 e. The van der Waals surface area contributed by atoms with E-state index in [0.29, 0.717) is 12.6 Å². The fraction of sp³-hybridized carbons (Fsp3) is 0.500. The maximum absolute atomic E-state index is 5.66. The van der Waals surface area contributed by atoms with Gasteiger partial charge in [-0.15, -0.1) is 0 Å². The van der Waals surface area contributed by atoms with Crippen LogP contribution in [0.25, 0.3) is 0 Å². The van der Waals surface area contributed by atoms with Crippen molar-refractivity contribution in [3.63, 3.8) is 0 Å². The number of benzene rings is 1. The van der Waals surface area contributed by atoms with E-state index in [1.165, 1.54) is 5.56 Å². The highest BCUT2D eigenvalue weighted by molar-refractivity contribution is 5.14. The summed E-state index contributed by atoms with van der Waals surface area (Å²) in [4.78, 5) is 4.22. The topological polar surface area (TPSA) is 52.0 Å². The van der Waals surface area contributed by atoms with Gasteiger partial charge in [0.2, 0.25) is 0 Å². The van der Waals surface area contributed by atoms with Crippen molar-refractivity contribution in [1.82, 2.24) is 20.1 Å². The van der Waals surface area contributed by atoms with Crippen LogP contribution in [0.2, 0.25) is 0 Å². The lowest BCUT2D eigenvalue weighted by Crippen LogP contribution is -2.16. The Labute approximate surface area is 126 Å². The lowest BCUT2D eigenvalue weighted by Gasteiger charge is -2.10. The van der Waals surface area contributed by atoms with Gasteiger partial charge in [0.25, 0.3) is 0 Å². The first kappa shape index (κ1) is 15.7. The van der Waals surface area contributed by atoms with Crippen molar-refractivity contribution in [3.05, 3.63) is 48.0 Å². The van der Waals surface area contributed by atoms with Crippen molar-refractivity contribution in [2.24, 2.45) is 0 Å². The quantitative estimate of drug-likeness (QED) is 0.721. The fourth-order valence-electron chi connectivity index (χ4n) is 2.10. The molecule has 114 valence electrons. The van der Waals surface area contributed by atoms with Crippen molar-refractivity contribution >= 4 is 0 Å². The number of rotatable bonds is 9. The highest BCUT2D eigenvalue weighted by atomic mass is 16.5. The molecule has 1 aromatic heterocycles. The second-order valence-corrected chi connectivity index (χ2v) is 5.28. The third-order valence-corrected chi connectivity index (χ3v) is 3.18. The van der Waals surface area contributed by atoms with Crippen molar-refractivity contribution < 1.29 is 4.74 Å². The Morgan fingerprint density at radius 2 is 2.05 bits per heavy atom. The maximum atomic E-state index is 5.66. The van der Waals surface area contributed by atoms with Crippen LogP contribution in [0, 0.1) is 0 Å². The molecule has 0 aliphatic carbocycles. The van der Waals surface area contributed by atoms with Gasteiger partial charge < -0.3 is 10.1 Å². The zero-order chi connectivity index (χ0) is 14.9. The number of ether oxygens (including phenoxy) is 1. The molecule has 1 N–H and O–H groups in total. The summed E-state index contributed by atoms with van der Waals surface area (Å²) in [5.74, 6) is 0.891. The molecule has 1 aromatic carbocycles. The van der Waals surface area contributed by atoms with Crippen LogP contribution in [0.5, 0.6) is 0 Å². The largest absolute Gasteiger partial charge is 0.373 e. The van der Waals surface area contributed by atoms with E-state index < -0.39 is 0 Å². The second kappa shape index (κ2) is 8.54. The molecule has 0 saturated carbocycles. The van der Waals surface area contributed by atoms with E-state index >= 15 is 0 Å². The van der Waals surface area contributed by atoms with Gasteiger partial charge in [-0.25, -0.2) is 9.67 Å². The first-order valence-electron chi connectivity index (χ1n) is 7.48. The Bertz CT molecular complexity index is 510. The maximum Gasteiger partial charge on any atom is 0.153 e. The fourth-order valence-corrected chi connectivity index (χ4v) is 2.10. The average Bonchev–Trinajstić information content (AvgIpc) is 2.96. The normalized spacial score (nSPS) is 11.2. The molecule has 2 rings (SSSR count). The molecule has 0 radical (unpaired) electrons. The zero-order valence-corrected chi connectivity index (χ0v) is 12.8. The van der Waals surface area contributed by atoms with E-state index in [9.17, 15) is 0 Å². The molecule has 0 unspecified atom stereocenters. The minimum absolute atomic E-state index is 0.318. The molecule has 2 aromatic rings. The van der Waals surface area contributed by atoms with Crippen LogP contribution in [0.15, 0.2) is 36.7 Å². The molecule has 5 nitrogen and oxygen atoms in total. The SMILES string of the molecule is CC(C)n1ncnc1COCCCNCc1ccccc1. The highest BCUT2D eigenvalue weighted by Gasteiger charge is 2.06. The summed E-state index contributed by atoms with van der Waals surface area (Å²) in [7, 11) is 0. The Morgan fingerprint density at radius 3 is 2.81 bits per heavy atom. The average molecular weight is 288 g/mol. The summed E-state index contributed by atoms with van der Waals surface area (Å²) in [6, 6.07) is 10.7. The summed E-state index contributed by atoms with van der Waals surface area (Å²) in [6.45, 7) is 7.29. The summed E-state index contributed by atoms with van der Waals surface area (Å²) >= 11 is 0. The Morgan fingerprint density at radius 1 is 1.24 bits per heavy atom. The highest BCUT2D eigenvalue weighted by Crippen LogP contribution is 2.06. The van der Waals surface area contributed by atoms with E-state index in [1.54, 1.807) is 6.33 Å². The minimum atomic E-state index is 0.318. The van der Waals surface area contributed by atoms with Gasteiger partial charge in [0.1, 0.15) is 12.9 Å². The van der Waals surface area contributed by atoms with E-state index in [1.807, 2.05) is 10.7 Å². The predicted octanol–water partition coefficient (Wildman–Crippen LogP) is 2.56. The number of hydrogen-bond donors (Lipinski definition) is 1. The molecule has 0 spiro atoms. The van der Waals surface area contributed by atoms with E-state index in [2.05, 4.69) is 53.5 Å². The van der Waals surface area contributed by atoms with Gasteiger partial charge >= 0.3 is 0 Å². The predicted molar refractivity (Wildman–Crippen MR) is 82.8 cm³/mol. The van der Waals surface area contributed by atoms with Gasteiger partial charge in [-0.1, -0.05) is 30.3 Å². The van der Waals surface area contributed by atoms with Crippen molar-refractivity contribution in [2.75, 3.05) is 13.2 Å². The molecule has 0 fully saturated rings. The van der Waals surface area contributed by atoms with Crippen LogP contribution in [0.4, 0.5) is 0 Å². The van der Waals surface area contributed by atoms with Crippen molar-refractivity contribution in [1.29, 1.82) is 0 Å². The molecule has 1 heterocycles. The number of aromatic nitrogens is 3. The zero-order valence-electron chi connectivity index (χ0n) is 12.8. The summed E-state index contributed by atoms with van der Waals surface area (Å²) in [6.07, 6.45) is 2.57. The molecule has 21 heavy (non-hydrogen) atoms. The van der Waals surface area contributed by atoms with Crippen LogP contribution < -0.4 is 5.32 Å². The van der Waals surface area contributed by atoms with E-state index in [-0.39, 0.29) is 0 Å². The Balaban J connectivity index is 1.55. The van der Waals surface area contributed by atoms with Crippen molar-refractivity contribution in [3.8, 4) is 0 Å². The van der Waals surface area contributed by atoms with Gasteiger partial charge in [0.05, 0.1) is 0 Å². The lowest BCUT2D eigenvalue weighted by atomic mass is 10.2. The monoisotopic (exact) mass is 288 g/mol. The Kier molecular flexibility index (Phi) is 6.37.